The highest BCUT2D eigenvalue weighted by molar-refractivity contribution is 7.80. The van der Waals surface area contributed by atoms with Crippen LogP contribution in [0.4, 0.5) is 0 Å². The lowest BCUT2D eigenvalue weighted by atomic mass is 9.80. The molecule has 98 valence electrons. The van der Waals surface area contributed by atoms with E-state index in [2.05, 4.69) is 31.0 Å². The number of rotatable bonds is 1. The summed E-state index contributed by atoms with van der Waals surface area (Å²) in [5.41, 5.74) is 0.414. The Morgan fingerprint density at radius 2 is 1.82 bits per heavy atom. The van der Waals surface area contributed by atoms with Crippen LogP contribution < -0.4 is 5.32 Å². The van der Waals surface area contributed by atoms with Crippen molar-refractivity contribution < 1.29 is 0 Å². The Morgan fingerprint density at radius 3 is 2.35 bits per heavy atom. The summed E-state index contributed by atoms with van der Waals surface area (Å²) in [4.78, 5) is 2.38. The zero-order chi connectivity index (χ0) is 12.5. The lowest BCUT2D eigenvalue weighted by Crippen LogP contribution is -2.43. The molecule has 2 aliphatic rings. The molecular weight excluding hydrogens is 228 g/mol. The molecule has 1 N–H and O–H groups in total. The SMILES string of the molecule is CC(C)(C)C1CCN(C(=S)NC2CCCC2)C1. The van der Waals surface area contributed by atoms with E-state index in [1.807, 2.05) is 0 Å². The van der Waals surface area contributed by atoms with Gasteiger partial charge in [0.2, 0.25) is 0 Å². The van der Waals surface area contributed by atoms with Crippen molar-refractivity contribution in [1.29, 1.82) is 0 Å². The van der Waals surface area contributed by atoms with E-state index in [-0.39, 0.29) is 0 Å². The van der Waals surface area contributed by atoms with Crippen LogP contribution in [0.3, 0.4) is 0 Å². The maximum absolute atomic E-state index is 5.54. The van der Waals surface area contributed by atoms with Crippen molar-refractivity contribution in [1.82, 2.24) is 10.2 Å². The molecule has 0 radical (unpaired) electrons. The van der Waals surface area contributed by atoms with Crippen molar-refractivity contribution in [2.45, 2.75) is 58.9 Å². The Morgan fingerprint density at radius 1 is 1.18 bits per heavy atom. The standard InChI is InChI=1S/C14H26N2S/c1-14(2,3)11-8-9-16(10-11)13(17)15-12-6-4-5-7-12/h11-12H,4-10H2,1-3H3,(H,15,17). The number of thiocarbonyl (C=S) groups is 1. The van der Waals surface area contributed by atoms with Gasteiger partial charge in [-0.05, 0) is 42.8 Å². The van der Waals surface area contributed by atoms with Crippen molar-refractivity contribution >= 4 is 17.3 Å². The highest BCUT2D eigenvalue weighted by atomic mass is 32.1. The molecule has 0 aromatic heterocycles. The van der Waals surface area contributed by atoms with Crippen LogP contribution in [0.5, 0.6) is 0 Å². The summed E-state index contributed by atoms with van der Waals surface area (Å²) in [5.74, 6) is 0.783. The van der Waals surface area contributed by atoms with Gasteiger partial charge in [0.25, 0.3) is 0 Å². The molecule has 0 spiro atoms. The van der Waals surface area contributed by atoms with Gasteiger partial charge in [-0.3, -0.25) is 0 Å². The summed E-state index contributed by atoms with van der Waals surface area (Å²) < 4.78 is 0. The minimum absolute atomic E-state index is 0.414. The zero-order valence-electron chi connectivity index (χ0n) is 11.5. The third-order valence-corrected chi connectivity index (χ3v) is 4.76. The van der Waals surface area contributed by atoms with Gasteiger partial charge < -0.3 is 10.2 Å². The predicted molar refractivity (Wildman–Crippen MR) is 77.1 cm³/mol. The van der Waals surface area contributed by atoms with Crippen molar-refractivity contribution in [2.24, 2.45) is 11.3 Å². The van der Waals surface area contributed by atoms with Gasteiger partial charge in [-0.25, -0.2) is 0 Å². The molecule has 1 saturated heterocycles. The molecule has 3 heteroatoms. The van der Waals surface area contributed by atoms with Crippen LogP contribution in [0.25, 0.3) is 0 Å². The molecule has 1 heterocycles. The van der Waals surface area contributed by atoms with Crippen LogP contribution in [-0.4, -0.2) is 29.1 Å². The lowest BCUT2D eigenvalue weighted by molar-refractivity contribution is 0.250. The van der Waals surface area contributed by atoms with Crippen molar-refractivity contribution in [2.75, 3.05) is 13.1 Å². The predicted octanol–water partition coefficient (Wildman–Crippen LogP) is 3.17. The van der Waals surface area contributed by atoms with Gasteiger partial charge in [0, 0.05) is 19.1 Å². The molecule has 0 aromatic carbocycles. The molecular formula is C14H26N2S. The molecule has 1 unspecified atom stereocenters. The first kappa shape index (κ1) is 13.1. The van der Waals surface area contributed by atoms with Crippen LogP contribution in [-0.2, 0) is 0 Å². The molecule has 1 atom stereocenters. The van der Waals surface area contributed by atoms with Crippen LogP contribution in [0, 0.1) is 11.3 Å². The summed E-state index contributed by atoms with van der Waals surface area (Å²) in [7, 11) is 0. The second-order valence-corrected chi connectivity index (χ2v) is 7.12. The quantitative estimate of drug-likeness (QED) is 0.724. The summed E-state index contributed by atoms with van der Waals surface area (Å²) in [6, 6.07) is 0.649. The van der Waals surface area contributed by atoms with Gasteiger partial charge in [0.15, 0.2) is 5.11 Å². The van der Waals surface area contributed by atoms with E-state index in [9.17, 15) is 0 Å². The Balaban J connectivity index is 1.81. The smallest absolute Gasteiger partial charge is 0.169 e. The first-order chi connectivity index (χ1) is 7.97. The second kappa shape index (κ2) is 5.13. The minimum Gasteiger partial charge on any atom is -0.360 e. The van der Waals surface area contributed by atoms with E-state index in [1.54, 1.807) is 0 Å². The lowest BCUT2D eigenvalue weighted by Gasteiger charge is -2.28. The molecule has 1 saturated carbocycles. The first-order valence-electron chi connectivity index (χ1n) is 7.02. The van der Waals surface area contributed by atoms with E-state index in [0.29, 0.717) is 11.5 Å². The molecule has 0 amide bonds. The van der Waals surface area contributed by atoms with Crippen LogP contribution in [0.2, 0.25) is 0 Å². The van der Waals surface area contributed by atoms with Gasteiger partial charge in [-0.15, -0.1) is 0 Å². The van der Waals surface area contributed by atoms with Crippen LogP contribution in [0.15, 0.2) is 0 Å². The van der Waals surface area contributed by atoms with Gasteiger partial charge in [-0.1, -0.05) is 33.6 Å². The second-order valence-electron chi connectivity index (χ2n) is 6.73. The van der Waals surface area contributed by atoms with Gasteiger partial charge in [-0.2, -0.15) is 0 Å². The Bertz CT molecular complexity index is 276. The van der Waals surface area contributed by atoms with E-state index in [4.69, 9.17) is 12.2 Å². The number of nitrogens with one attached hydrogen (secondary N) is 1. The Hall–Kier alpha value is -0.310. The Kier molecular flexibility index (Phi) is 3.96. The fraction of sp³-hybridized carbons (Fsp3) is 0.929. The van der Waals surface area contributed by atoms with Gasteiger partial charge in [0.1, 0.15) is 0 Å². The zero-order valence-corrected chi connectivity index (χ0v) is 12.3. The maximum atomic E-state index is 5.54. The fourth-order valence-electron chi connectivity index (χ4n) is 2.99. The number of hydrogen-bond donors (Lipinski definition) is 1. The third-order valence-electron chi connectivity index (χ3n) is 4.38. The van der Waals surface area contributed by atoms with Crippen LogP contribution in [0.1, 0.15) is 52.9 Å². The summed E-state index contributed by atoms with van der Waals surface area (Å²) >= 11 is 5.54. The number of nitrogens with zero attached hydrogens (tertiary/aromatic N) is 1. The Labute approximate surface area is 111 Å². The van der Waals surface area contributed by atoms with Gasteiger partial charge >= 0.3 is 0 Å². The average molecular weight is 254 g/mol. The summed E-state index contributed by atoms with van der Waals surface area (Å²) in [5, 5.41) is 4.55. The molecule has 1 aliphatic heterocycles. The maximum Gasteiger partial charge on any atom is 0.169 e. The minimum atomic E-state index is 0.414. The van der Waals surface area contributed by atoms with E-state index in [0.717, 1.165) is 24.1 Å². The summed E-state index contributed by atoms with van der Waals surface area (Å²) in [6.07, 6.45) is 6.62. The van der Waals surface area contributed by atoms with Crippen molar-refractivity contribution in [3.63, 3.8) is 0 Å². The molecule has 2 fully saturated rings. The van der Waals surface area contributed by atoms with E-state index < -0.39 is 0 Å². The largest absolute Gasteiger partial charge is 0.360 e. The van der Waals surface area contributed by atoms with E-state index in [1.165, 1.54) is 32.1 Å². The average Bonchev–Trinajstić information content (AvgIpc) is 2.85. The highest BCUT2D eigenvalue weighted by Gasteiger charge is 2.33. The molecule has 2 rings (SSSR count). The third kappa shape index (κ3) is 3.34. The van der Waals surface area contributed by atoms with Crippen LogP contribution >= 0.6 is 12.2 Å². The molecule has 0 aromatic rings. The molecule has 17 heavy (non-hydrogen) atoms. The number of likely N-dealkylation sites (tertiary alicyclic amines) is 1. The van der Waals surface area contributed by atoms with Crippen molar-refractivity contribution in [3.8, 4) is 0 Å². The van der Waals surface area contributed by atoms with E-state index >= 15 is 0 Å². The summed E-state index contributed by atoms with van der Waals surface area (Å²) in [6.45, 7) is 9.31. The fourth-order valence-corrected chi connectivity index (χ4v) is 3.32. The first-order valence-corrected chi connectivity index (χ1v) is 7.43. The number of hydrogen-bond acceptors (Lipinski definition) is 1. The normalized spacial score (nSPS) is 26.5. The molecule has 1 aliphatic carbocycles. The molecule has 2 nitrogen and oxygen atoms in total. The molecule has 0 bridgehead atoms. The highest BCUT2D eigenvalue weighted by Crippen LogP contribution is 2.33. The van der Waals surface area contributed by atoms with Gasteiger partial charge in [0.05, 0.1) is 0 Å². The van der Waals surface area contributed by atoms with Crippen molar-refractivity contribution in [3.05, 3.63) is 0 Å². The monoisotopic (exact) mass is 254 g/mol. The topological polar surface area (TPSA) is 15.3 Å².